The molecule has 9 fully saturated rings. The molecular weight excluding hydrogens is 982 g/mol. The van der Waals surface area contributed by atoms with Gasteiger partial charge < -0.3 is 19.3 Å². The summed E-state index contributed by atoms with van der Waals surface area (Å²) in [6.07, 6.45) is 20.8. The van der Waals surface area contributed by atoms with Crippen LogP contribution < -0.4 is 5.56 Å². The van der Waals surface area contributed by atoms with Crippen LogP contribution in [0.5, 0.6) is 0 Å². The van der Waals surface area contributed by atoms with E-state index in [1.54, 1.807) is 29.2 Å². The number of carbonyl (C=O) groups excluding carboxylic acids is 4. The second-order valence-corrected chi connectivity index (χ2v) is 27.6. The van der Waals surface area contributed by atoms with Gasteiger partial charge in [0.2, 0.25) is 5.91 Å². The Kier molecular flexibility index (Phi) is 15.0. The molecule has 9 aliphatic rings. The van der Waals surface area contributed by atoms with Crippen molar-refractivity contribution in [2.75, 3.05) is 59.0 Å². The molecule has 12 nitrogen and oxygen atoms in total. The summed E-state index contributed by atoms with van der Waals surface area (Å²) in [7, 11) is 0. The van der Waals surface area contributed by atoms with Crippen molar-refractivity contribution in [3.05, 3.63) is 75.5 Å². The van der Waals surface area contributed by atoms with Crippen LogP contribution in [0.3, 0.4) is 0 Å². The third-order valence-corrected chi connectivity index (χ3v) is 24.2. The fraction of sp³-hybridized carbons (Fsp3) is 0.723. The predicted molar refractivity (Wildman–Crippen MR) is 298 cm³/mol. The number of amides is 2. The van der Waals surface area contributed by atoms with Gasteiger partial charge in [-0.1, -0.05) is 52.0 Å². The van der Waals surface area contributed by atoms with Crippen LogP contribution in [-0.4, -0.2) is 120 Å². The molecule has 2 amide bonds. The third-order valence-electron chi connectivity index (χ3n) is 24.2. The van der Waals surface area contributed by atoms with Gasteiger partial charge in [-0.25, -0.2) is 9.49 Å². The van der Waals surface area contributed by atoms with Gasteiger partial charge in [0.1, 0.15) is 17.4 Å². The quantitative estimate of drug-likeness (QED) is 0.167. The molecule has 1 aliphatic heterocycles. The highest BCUT2D eigenvalue weighted by molar-refractivity contribution is 5.95. The van der Waals surface area contributed by atoms with Crippen molar-refractivity contribution in [3.8, 4) is 0 Å². The van der Waals surface area contributed by atoms with E-state index >= 15 is 4.39 Å². The van der Waals surface area contributed by atoms with Crippen LogP contribution in [0.1, 0.15) is 171 Å². The first-order valence-electron chi connectivity index (χ1n) is 30.9. The van der Waals surface area contributed by atoms with Crippen LogP contribution in [0.25, 0.3) is 10.8 Å². The Hall–Kier alpha value is -4.33. The minimum atomic E-state index is -0.593. The van der Waals surface area contributed by atoms with Crippen LogP contribution in [0.15, 0.2) is 47.3 Å². The van der Waals surface area contributed by atoms with E-state index in [4.69, 9.17) is 9.47 Å². The number of aromatic amines is 1. The Balaban J connectivity index is 0.672. The van der Waals surface area contributed by atoms with Crippen molar-refractivity contribution >= 4 is 34.2 Å². The molecule has 0 radical (unpaired) electrons. The molecule has 13 heteroatoms. The molecular formula is C65H88FN5O7. The van der Waals surface area contributed by atoms with E-state index in [9.17, 15) is 24.0 Å². The number of Topliss-reactive ketones (excluding diaryl/α,β-unsaturated/α-hetero) is 2. The molecule has 1 saturated heterocycles. The summed E-state index contributed by atoms with van der Waals surface area (Å²) in [5, 5.41) is 8.09. The van der Waals surface area contributed by atoms with Crippen LogP contribution >= 0.6 is 0 Å². The summed E-state index contributed by atoms with van der Waals surface area (Å²) in [5.41, 5.74) is 1.97. The SMILES string of the molecule is C[C@]12CCC(=O)C[C@@H]1CC[C@@H]1[C@@H]2CC[C@]2(C)C(OCCN(CCOC3CC[C@H]4[C@@H]5CC[C@H]6CC(=O)CC[C@]6(C)[C@H]5CC[C@]34C)CCC(=O)N3CCN(C(=O)c4cc(Cc5n[nH]c(=O)c6ccccc56)ccc4F)CC3)CC[C@@H]12. The topological polar surface area (TPSA) is 142 Å². The Morgan fingerprint density at radius 3 is 1.76 bits per heavy atom. The summed E-state index contributed by atoms with van der Waals surface area (Å²) in [5.74, 6) is 5.35. The zero-order chi connectivity index (χ0) is 54.1. The number of nitrogens with one attached hydrogen (secondary N) is 1. The zero-order valence-corrected chi connectivity index (χ0v) is 47.3. The number of ether oxygens (including phenoxy) is 2. The Labute approximate surface area is 462 Å². The van der Waals surface area contributed by atoms with Crippen molar-refractivity contribution in [1.29, 1.82) is 0 Å². The molecule has 12 rings (SSSR count). The minimum absolute atomic E-state index is 0.00925. The van der Waals surface area contributed by atoms with Crippen molar-refractivity contribution in [3.63, 3.8) is 0 Å². The maximum absolute atomic E-state index is 15.4. The lowest BCUT2D eigenvalue weighted by atomic mass is 9.45. The van der Waals surface area contributed by atoms with Gasteiger partial charge in [-0.3, -0.25) is 28.9 Å². The van der Waals surface area contributed by atoms with Gasteiger partial charge in [0, 0.05) is 89.7 Å². The molecule has 3 aromatic rings. The van der Waals surface area contributed by atoms with Gasteiger partial charge in [0.25, 0.3) is 11.5 Å². The van der Waals surface area contributed by atoms with Crippen molar-refractivity contribution < 1.29 is 33.0 Å². The van der Waals surface area contributed by atoms with Crippen molar-refractivity contribution in [1.82, 2.24) is 24.9 Å². The number of ketones is 2. The number of fused-ring (bicyclic) bond motifs is 11. The lowest BCUT2D eigenvalue weighted by molar-refractivity contribution is -0.146. The number of benzene rings is 2. The summed E-state index contributed by atoms with van der Waals surface area (Å²) < 4.78 is 29.5. The maximum atomic E-state index is 15.4. The normalized spacial score (nSPS) is 37.4. The fourth-order valence-electron chi connectivity index (χ4n) is 19.6. The van der Waals surface area contributed by atoms with Crippen LogP contribution in [0, 0.1) is 74.8 Å². The first-order valence-corrected chi connectivity index (χ1v) is 30.9. The second kappa shape index (κ2) is 21.5. The number of aromatic nitrogens is 2. The van der Waals surface area contributed by atoms with Gasteiger partial charge in [0.05, 0.1) is 42.1 Å². The van der Waals surface area contributed by atoms with Gasteiger partial charge >= 0.3 is 0 Å². The summed E-state index contributed by atoms with van der Waals surface area (Å²) >= 11 is 0. The van der Waals surface area contributed by atoms with Crippen LogP contribution in [-0.2, 0) is 30.3 Å². The number of piperazine rings is 1. The van der Waals surface area contributed by atoms with E-state index in [1.165, 1.54) is 70.3 Å². The number of H-pyrrole nitrogens is 1. The predicted octanol–water partition coefficient (Wildman–Crippen LogP) is 10.6. The average molecular weight is 1070 g/mol. The van der Waals surface area contributed by atoms with E-state index in [0.29, 0.717) is 139 Å². The first kappa shape index (κ1) is 54.3. The molecule has 1 N–H and O–H groups in total. The summed E-state index contributed by atoms with van der Waals surface area (Å²) in [6.45, 7) is 14.8. The number of halogens is 1. The molecule has 2 aromatic carbocycles. The van der Waals surface area contributed by atoms with Gasteiger partial charge in [0.15, 0.2) is 0 Å². The largest absolute Gasteiger partial charge is 0.376 e. The van der Waals surface area contributed by atoms with E-state index in [-0.39, 0.29) is 40.1 Å². The molecule has 8 aliphatic carbocycles. The van der Waals surface area contributed by atoms with Crippen LogP contribution in [0.2, 0.25) is 0 Å². The van der Waals surface area contributed by atoms with Gasteiger partial charge in [-0.05, 0) is 183 Å². The summed E-state index contributed by atoms with van der Waals surface area (Å²) in [6, 6.07) is 11.8. The molecule has 2 heterocycles. The Bertz CT molecular complexity index is 2740. The van der Waals surface area contributed by atoms with Gasteiger partial charge in [-0.15, -0.1) is 0 Å². The molecule has 1 aromatic heterocycles. The summed E-state index contributed by atoms with van der Waals surface area (Å²) in [4.78, 5) is 71.4. The smallest absolute Gasteiger partial charge is 0.272 e. The second-order valence-electron chi connectivity index (χ2n) is 27.6. The van der Waals surface area contributed by atoms with Gasteiger partial charge in [-0.2, -0.15) is 5.10 Å². The molecule has 78 heavy (non-hydrogen) atoms. The van der Waals surface area contributed by atoms with E-state index in [0.717, 1.165) is 76.3 Å². The molecule has 14 atom stereocenters. The average Bonchev–Trinajstić information content (AvgIpc) is 4.16. The number of hydrogen-bond donors (Lipinski definition) is 1. The number of hydrogen-bond acceptors (Lipinski definition) is 9. The number of rotatable bonds is 14. The molecule has 8 saturated carbocycles. The zero-order valence-electron chi connectivity index (χ0n) is 47.3. The Morgan fingerprint density at radius 1 is 0.641 bits per heavy atom. The number of nitrogens with zero attached hydrogens (tertiary/aromatic N) is 4. The third kappa shape index (κ3) is 9.74. The minimum Gasteiger partial charge on any atom is -0.376 e. The number of carbonyl (C=O) groups is 4. The standard InChI is InChI=1S/C65H88FN5O7/c1-62-24-19-44(72)39-42(62)10-12-48-51-14-17-57(64(51,3)26-21-53(48)62)77-35-33-69(34-36-78-58-18-15-52-49-13-11-43-40-45(73)20-25-63(43,2)54(49)22-27-65(52,58)4)28-23-59(74)70-29-31-71(32-30-70)61(76)50-37-41(9-16-55(50)66)38-56-46-7-5-6-8-47(46)60(75)68-67-56/h5-9,16,37,42-43,48-49,51-54,57-58H,10-15,17-36,38-40H2,1-4H3,(H,68,75)/t42-,43-,48-,49-,51-,52-,53-,54-,57?,58?,62-,63-,64-,65-/m0/s1. The molecule has 0 spiro atoms. The highest BCUT2D eigenvalue weighted by Crippen LogP contribution is 2.68. The Morgan fingerprint density at radius 2 is 1.18 bits per heavy atom. The lowest BCUT2D eigenvalue weighted by Gasteiger charge is -2.60. The maximum Gasteiger partial charge on any atom is 0.272 e. The molecule has 0 bridgehead atoms. The van der Waals surface area contributed by atoms with Crippen molar-refractivity contribution in [2.24, 2.45) is 69.0 Å². The highest BCUT2D eigenvalue weighted by Gasteiger charge is 2.62. The monoisotopic (exact) mass is 1070 g/mol. The lowest BCUT2D eigenvalue weighted by Crippen LogP contribution is -2.54. The van der Waals surface area contributed by atoms with Crippen LogP contribution in [0.4, 0.5) is 4.39 Å². The van der Waals surface area contributed by atoms with E-state index < -0.39 is 11.7 Å². The molecule has 422 valence electrons. The van der Waals surface area contributed by atoms with Crippen molar-refractivity contribution in [2.45, 2.75) is 168 Å². The highest BCUT2D eigenvalue weighted by atomic mass is 19.1. The fourth-order valence-corrected chi connectivity index (χ4v) is 19.6. The first-order chi connectivity index (χ1) is 37.6. The molecule has 2 unspecified atom stereocenters. The van der Waals surface area contributed by atoms with E-state index in [2.05, 4.69) is 42.8 Å². The van der Waals surface area contributed by atoms with E-state index in [1.807, 2.05) is 17.0 Å².